The first-order valence-electron chi connectivity index (χ1n) is 8.84. The summed E-state index contributed by atoms with van der Waals surface area (Å²) in [6, 6.07) is 18.8. The lowest BCUT2D eigenvalue weighted by molar-refractivity contribution is -0.118. The van der Waals surface area contributed by atoms with Crippen molar-refractivity contribution in [3.63, 3.8) is 0 Å². The number of carbonyl (C=O) groups is 1. The molecule has 0 saturated carbocycles. The number of amides is 1. The fourth-order valence-electron chi connectivity index (χ4n) is 2.92. The summed E-state index contributed by atoms with van der Waals surface area (Å²) in [5.41, 5.74) is 3.79. The van der Waals surface area contributed by atoms with Crippen LogP contribution in [0, 0.1) is 6.92 Å². The van der Waals surface area contributed by atoms with E-state index < -0.39 is 0 Å². The largest absolute Gasteiger partial charge is 0.482 e. The number of fused-ring (bicyclic) bond motifs is 1. The maximum Gasteiger partial charge on any atom is 0.262 e. The van der Waals surface area contributed by atoms with Crippen molar-refractivity contribution in [2.24, 2.45) is 0 Å². The highest BCUT2D eigenvalue weighted by atomic mass is 79.9. The zero-order valence-electron chi connectivity index (χ0n) is 15.4. The van der Waals surface area contributed by atoms with Crippen LogP contribution in [0.5, 0.6) is 5.75 Å². The lowest BCUT2D eigenvalue weighted by atomic mass is 10.2. The third kappa shape index (κ3) is 4.52. The standard InChI is InChI=1S/C22H16Br2N2O3/c1-13-9-15(23)10-17(24)21(13)28-12-20(27)25-16-7-8-19-18(11-16)26-22(29-19)14-5-3-2-4-6-14/h2-11H,12H2,1H3,(H,25,27). The van der Waals surface area contributed by atoms with Crippen molar-refractivity contribution < 1.29 is 13.9 Å². The quantitative estimate of drug-likeness (QED) is 0.336. The molecular weight excluding hydrogens is 500 g/mol. The van der Waals surface area contributed by atoms with Crippen LogP contribution in [-0.4, -0.2) is 17.5 Å². The third-order valence-corrected chi connectivity index (χ3v) is 5.28. The minimum Gasteiger partial charge on any atom is -0.482 e. The van der Waals surface area contributed by atoms with Crippen LogP contribution in [-0.2, 0) is 4.79 Å². The van der Waals surface area contributed by atoms with E-state index in [1.165, 1.54) is 0 Å². The van der Waals surface area contributed by atoms with Crippen LogP contribution in [0.15, 0.2) is 74.0 Å². The molecule has 0 atom stereocenters. The van der Waals surface area contributed by atoms with E-state index in [0.717, 1.165) is 20.1 Å². The molecule has 5 nitrogen and oxygen atoms in total. The summed E-state index contributed by atoms with van der Waals surface area (Å²) in [6.07, 6.45) is 0. The molecule has 146 valence electrons. The Balaban J connectivity index is 1.46. The van der Waals surface area contributed by atoms with Gasteiger partial charge in [-0.1, -0.05) is 34.1 Å². The number of carbonyl (C=O) groups excluding carboxylic acids is 1. The summed E-state index contributed by atoms with van der Waals surface area (Å²) in [7, 11) is 0. The van der Waals surface area contributed by atoms with Crippen molar-refractivity contribution in [1.82, 2.24) is 4.98 Å². The number of benzene rings is 3. The number of oxazole rings is 1. The second kappa shape index (κ2) is 8.39. The fraction of sp³-hybridized carbons (Fsp3) is 0.0909. The number of rotatable bonds is 5. The van der Waals surface area contributed by atoms with Gasteiger partial charge >= 0.3 is 0 Å². The van der Waals surface area contributed by atoms with Gasteiger partial charge in [-0.15, -0.1) is 0 Å². The van der Waals surface area contributed by atoms with Gasteiger partial charge in [-0.25, -0.2) is 4.98 Å². The molecule has 4 rings (SSSR count). The van der Waals surface area contributed by atoms with E-state index in [4.69, 9.17) is 9.15 Å². The van der Waals surface area contributed by atoms with Crippen molar-refractivity contribution in [3.8, 4) is 17.2 Å². The summed E-state index contributed by atoms with van der Waals surface area (Å²) in [4.78, 5) is 16.8. The van der Waals surface area contributed by atoms with Gasteiger partial charge in [0.05, 0.1) is 4.47 Å². The Morgan fingerprint density at radius 1 is 1.10 bits per heavy atom. The molecule has 4 aromatic rings. The molecule has 0 aliphatic carbocycles. The molecule has 0 bridgehead atoms. The topological polar surface area (TPSA) is 64.4 Å². The van der Waals surface area contributed by atoms with Gasteiger partial charge in [0, 0.05) is 15.7 Å². The number of aromatic nitrogens is 1. The van der Waals surface area contributed by atoms with Crippen LogP contribution >= 0.6 is 31.9 Å². The van der Waals surface area contributed by atoms with Gasteiger partial charge in [-0.05, 0) is 70.9 Å². The Morgan fingerprint density at radius 3 is 2.66 bits per heavy atom. The number of hydrogen-bond donors (Lipinski definition) is 1. The van der Waals surface area contributed by atoms with Gasteiger partial charge in [-0.3, -0.25) is 4.79 Å². The molecule has 0 fully saturated rings. The van der Waals surface area contributed by atoms with E-state index >= 15 is 0 Å². The summed E-state index contributed by atoms with van der Waals surface area (Å²) in [5.74, 6) is 0.927. The van der Waals surface area contributed by atoms with Crippen LogP contribution in [0.4, 0.5) is 5.69 Å². The number of aryl methyl sites for hydroxylation is 1. The molecule has 1 heterocycles. The van der Waals surface area contributed by atoms with Crippen LogP contribution in [0.3, 0.4) is 0 Å². The summed E-state index contributed by atoms with van der Waals surface area (Å²) >= 11 is 6.89. The monoisotopic (exact) mass is 514 g/mol. The Labute approximate surface area is 184 Å². The Bertz CT molecular complexity index is 1170. The highest BCUT2D eigenvalue weighted by molar-refractivity contribution is 9.11. The van der Waals surface area contributed by atoms with Gasteiger partial charge in [0.1, 0.15) is 11.3 Å². The molecule has 1 amide bonds. The van der Waals surface area contributed by atoms with Crippen LogP contribution in [0.1, 0.15) is 5.56 Å². The molecule has 0 spiro atoms. The molecule has 0 aliphatic heterocycles. The molecule has 1 aromatic heterocycles. The van der Waals surface area contributed by atoms with E-state index in [-0.39, 0.29) is 12.5 Å². The maximum atomic E-state index is 12.3. The Morgan fingerprint density at radius 2 is 1.90 bits per heavy atom. The van der Waals surface area contributed by atoms with E-state index in [1.54, 1.807) is 18.2 Å². The highest BCUT2D eigenvalue weighted by Gasteiger charge is 2.12. The molecule has 3 aromatic carbocycles. The maximum absolute atomic E-state index is 12.3. The van der Waals surface area contributed by atoms with E-state index in [0.29, 0.717) is 28.4 Å². The smallest absolute Gasteiger partial charge is 0.262 e. The molecule has 29 heavy (non-hydrogen) atoms. The van der Waals surface area contributed by atoms with Crippen molar-refractivity contribution in [2.75, 3.05) is 11.9 Å². The predicted molar refractivity (Wildman–Crippen MR) is 120 cm³/mol. The molecule has 0 unspecified atom stereocenters. The number of halogens is 2. The molecule has 7 heteroatoms. The number of nitrogens with one attached hydrogen (secondary N) is 1. The minimum absolute atomic E-state index is 0.104. The summed E-state index contributed by atoms with van der Waals surface area (Å²) in [6.45, 7) is 1.82. The first-order valence-corrected chi connectivity index (χ1v) is 10.4. The van der Waals surface area contributed by atoms with E-state index in [2.05, 4.69) is 42.2 Å². The lowest BCUT2D eigenvalue weighted by Crippen LogP contribution is -2.20. The number of ether oxygens (including phenoxy) is 1. The zero-order valence-corrected chi connectivity index (χ0v) is 18.6. The van der Waals surface area contributed by atoms with Gasteiger partial charge in [0.15, 0.2) is 12.2 Å². The molecule has 0 saturated heterocycles. The first kappa shape index (κ1) is 19.7. The third-order valence-electron chi connectivity index (χ3n) is 4.23. The first-order chi connectivity index (χ1) is 14.0. The molecule has 0 radical (unpaired) electrons. The van der Waals surface area contributed by atoms with E-state index in [9.17, 15) is 4.79 Å². The second-order valence-electron chi connectivity index (χ2n) is 6.44. The fourth-order valence-corrected chi connectivity index (χ4v) is 4.47. The number of hydrogen-bond acceptors (Lipinski definition) is 4. The van der Waals surface area contributed by atoms with Gasteiger partial charge < -0.3 is 14.5 Å². The SMILES string of the molecule is Cc1cc(Br)cc(Br)c1OCC(=O)Nc1ccc2oc(-c3ccccc3)nc2c1. The van der Waals surface area contributed by atoms with Crippen molar-refractivity contribution in [2.45, 2.75) is 6.92 Å². The molecule has 1 N–H and O–H groups in total. The lowest BCUT2D eigenvalue weighted by Gasteiger charge is -2.12. The van der Waals surface area contributed by atoms with E-state index in [1.807, 2.05) is 49.4 Å². The second-order valence-corrected chi connectivity index (χ2v) is 8.21. The van der Waals surface area contributed by atoms with Crippen LogP contribution in [0.2, 0.25) is 0 Å². The molecular formula is C22H16Br2N2O3. The van der Waals surface area contributed by atoms with Crippen molar-refractivity contribution in [1.29, 1.82) is 0 Å². The van der Waals surface area contributed by atoms with Gasteiger partial charge in [0.25, 0.3) is 5.91 Å². The zero-order chi connectivity index (χ0) is 20.4. The van der Waals surface area contributed by atoms with Gasteiger partial charge in [0.2, 0.25) is 5.89 Å². The Hall–Kier alpha value is -2.64. The Kier molecular flexibility index (Phi) is 5.69. The van der Waals surface area contributed by atoms with Crippen LogP contribution in [0.25, 0.3) is 22.6 Å². The normalized spacial score (nSPS) is 10.9. The predicted octanol–water partition coefficient (Wildman–Crippen LogP) is 6.35. The number of nitrogens with zero attached hydrogens (tertiary/aromatic N) is 1. The molecule has 0 aliphatic rings. The number of anilines is 1. The average molecular weight is 516 g/mol. The summed E-state index contributed by atoms with van der Waals surface area (Å²) < 4.78 is 13.2. The summed E-state index contributed by atoms with van der Waals surface area (Å²) in [5, 5.41) is 2.83. The van der Waals surface area contributed by atoms with Crippen molar-refractivity contribution >= 4 is 54.6 Å². The van der Waals surface area contributed by atoms with Crippen LogP contribution < -0.4 is 10.1 Å². The van der Waals surface area contributed by atoms with Crippen molar-refractivity contribution in [3.05, 3.63) is 75.2 Å². The average Bonchev–Trinajstić information content (AvgIpc) is 3.11. The highest BCUT2D eigenvalue weighted by Crippen LogP contribution is 2.32. The van der Waals surface area contributed by atoms with Gasteiger partial charge in [-0.2, -0.15) is 0 Å². The minimum atomic E-state index is -0.259.